The lowest BCUT2D eigenvalue weighted by Gasteiger charge is -2.17. The van der Waals surface area contributed by atoms with Gasteiger partial charge in [-0.15, -0.1) is 12.4 Å². The van der Waals surface area contributed by atoms with E-state index in [0.717, 1.165) is 26.1 Å². The maximum atomic E-state index is 12.0. The molecule has 1 amide bonds. The van der Waals surface area contributed by atoms with Gasteiger partial charge < -0.3 is 16.0 Å². The second kappa shape index (κ2) is 8.94. The molecule has 0 radical (unpaired) electrons. The Kier molecular flexibility index (Phi) is 7.94. The van der Waals surface area contributed by atoms with E-state index in [0.29, 0.717) is 28.1 Å². The minimum atomic E-state index is -0.0524. The highest BCUT2D eigenvalue weighted by molar-refractivity contribution is 6.35. The predicted molar refractivity (Wildman–Crippen MR) is 95.2 cm³/mol. The first-order valence-electron chi connectivity index (χ1n) is 7.18. The molecule has 0 aliphatic carbocycles. The van der Waals surface area contributed by atoms with Crippen LogP contribution in [0.15, 0.2) is 18.2 Å². The molecule has 22 heavy (non-hydrogen) atoms. The fourth-order valence-corrected chi connectivity index (χ4v) is 2.90. The van der Waals surface area contributed by atoms with Gasteiger partial charge in [0.25, 0.3) is 0 Å². The average molecular weight is 367 g/mol. The topological polar surface area (TPSA) is 58.4 Å². The third-order valence-corrected chi connectivity index (χ3v) is 4.47. The molecule has 2 unspecified atom stereocenters. The van der Waals surface area contributed by atoms with E-state index in [2.05, 4.69) is 10.2 Å². The molecule has 2 atom stereocenters. The van der Waals surface area contributed by atoms with E-state index < -0.39 is 0 Å². The molecule has 3 N–H and O–H groups in total. The Hall–Kier alpha value is -0.520. The van der Waals surface area contributed by atoms with Crippen LogP contribution in [-0.2, 0) is 4.79 Å². The molecule has 1 aromatic carbocycles. The number of likely N-dealkylation sites (tertiary alicyclic amines) is 1. The van der Waals surface area contributed by atoms with Gasteiger partial charge in [-0.3, -0.25) is 4.79 Å². The number of carbonyl (C=O) groups is 1. The molecule has 0 saturated carbocycles. The lowest BCUT2D eigenvalue weighted by Crippen LogP contribution is -2.31. The number of amides is 1. The number of nitrogens with zero attached hydrogens (tertiary/aromatic N) is 1. The highest BCUT2D eigenvalue weighted by Crippen LogP contribution is 2.25. The standard InChI is InChI=1S/C15H21Cl2N3O.ClH/c1-10(18)11-4-6-20(9-11)7-5-15(21)19-14-8-12(16)2-3-13(14)17;/h2-3,8,10-11H,4-7,9,18H2,1H3,(H,19,21);1H. The van der Waals surface area contributed by atoms with Crippen LogP contribution in [0.25, 0.3) is 0 Å². The summed E-state index contributed by atoms with van der Waals surface area (Å²) >= 11 is 11.9. The van der Waals surface area contributed by atoms with Gasteiger partial charge in [-0.1, -0.05) is 23.2 Å². The lowest BCUT2D eigenvalue weighted by molar-refractivity contribution is -0.116. The summed E-state index contributed by atoms with van der Waals surface area (Å²) in [4.78, 5) is 14.3. The zero-order valence-corrected chi connectivity index (χ0v) is 14.8. The number of hydrogen-bond acceptors (Lipinski definition) is 3. The Balaban J connectivity index is 0.00000242. The number of benzene rings is 1. The quantitative estimate of drug-likeness (QED) is 0.839. The molecule has 4 nitrogen and oxygen atoms in total. The van der Waals surface area contributed by atoms with Crippen LogP contribution in [0.4, 0.5) is 5.69 Å². The lowest BCUT2D eigenvalue weighted by atomic mass is 10.0. The molecule has 1 fully saturated rings. The van der Waals surface area contributed by atoms with Crippen molar-refractivity contribution >= 4 is 47.2 Å². The number of anilines is 1. The van der Waals surface area contributed by atoms with E-state index in [9.17, 15) is 4.79 Å². The third-order valence-electron chi connectivity index (χ3n) is 3.91. The van der Waals surface area contributed by atoms with Gasteiger partial charge in [0.2, 0.25) is 5.91 Å². The Morgan fingerprint density at radius 1 is 1.50 bits per heavy atom. The Morgan fingerprint density at radius 3 is 2.86 bits per heavy atom. The third kappa shape index (κ3) is 5.60. The van der Waals surface area contributed by atoms with Crippen LogP contribution >= 0.6 is 35.6 Å². The Bertz CT molecular complexity index is 511. The van der Waals surface area contributed by atoms with Gasteiger partial charge in [0.05, 0.1) is 10.7 Å². The van der Waals surface area contributed by atoms with E-state index >= 15 is 0 Å². The predicted octanol–water partition coefficient (Wildman–Crippen LogP) is 3.41. The summed E-state index contributed by atoms with van der Waals surface area (Å²) in [5.74, 6) is 0.485. The summed E-state index contributed by atoms with van der Waals surface area (Å²) in [6, 6.07) is 5.24. The van der Waals surface area contributed by atoms with Gasteiger partial charge in [0.1, 0.15) is 0 Å². The van der Waals surface area contributed by atoms with Crippen LogP contribution in [-0.4, -0.2) is 36.5 Å². The van der Waals surface area contributed by atoms with E-state index in [4.69, 9.17) is 28.9 Å². The van der Waals surface area contributed by atoms with Crippen LogP contribution in [0, 0.1) is 5.92 Å². The number of nitrogens with two attached hydrogens (primary N) is 1. The molecule has 1 aromatic rings. The van der Waals surface area contributed by atoms with E-state index in [1.807, 2.05) is 6.92 Å². The minimum Gasteiger partial charge on any atom is -0.328 e. The van der Waals surface area contributed by atoms with Crippen LogP contribution in [0.3, 0.4) is 0 Å². The van der Waals surface area contributed by atoms with Crippen molar-refractivity contribution in [3.8, 4) is 0 Å². The summed E-state index contributed by atoms with van der Waals surface area (Å²) in [7, 11) is 0. The number of halogens is 3. The van der Waals surface area contributed by atoms with Gasteiger partial charge in [-0.25, -0.2) is 0 Å². The maximum Gasteiger partial charge on any atom is 0.225 e. The van der Waals surface area contributed by atoms with Crippen molar-refractivity contribution in [1.82, 2.24) is 4.90 Å². The van der Waals surface area contributed by atoms with Crippen molar-refractivity contribution < 1.29 is 4.79 Å². The Labute approximate surface area is 147 Å². The number of nitrogens with one attached hydrogen (secondary N) is 1. The summed E-state index contributed by atoms with van der Waals surface area (Å²) in [5.41, 5.74) is 6.48. The van der Waals surface area contributed by atoms with Crippen LogP contribution in [0.5, 0.6) is 0 Å². The number of rotatable bonds is 5. The van der Waals surface area contributed by atoms with Crippen molar-refractivity contribution in [3.63, 3.8) is 0 Å². The molecule has 0 aromatic heterocycles. The maximum absolute atomic E-state index is 12.0. The molecule has 2 rings (SSSR count). The molecule has 1 heterocycles. The van der Waals surface area contributed by atoms with Crippen LogP contribution in [0.2, 0.25) is 10.0 Å². The minimum absolute atomic E-state index is 0. The first kappa shape index (κ1) is 19.5. The normalized spacial score (nSPS) is 19.5. The first-order valence-corrected chi connectivity index (χ1v) is 7.94. The van der Waals surface area contributed by atoms with Crippen LogP contribution < -0.4 is 11.1 Å². The van der Waals surface area contributed by atoms with Crippen molar-refractivity contribution in [2.45, 2.75) is 25.8 Å². The SMILES string of the molecule is CC(N)C1CCN(CCC(=O)Nc2cc(Cl)ccc2Cl)C1.Cl. The molecule has 0 bridgehead atoms. The molecular weight excluding hydrogens is 345 g/mol. The molecule has 1 saturated heterocycles. The van der Waals surface area contributed by atoms with Gasteiger partial charge in [0, 0.05) is 30.6 Å². The fraction of sp³-hybridized carbons (Fsp3) is 0.533. The Morgan fingerprint density at radius 2 is 2.23 bits per heavy atom. The number of carbonyl (C=O) groups excluding carboxylic acids is 1. The summed E-state index contributed by atoms with van der Waals surface area (Å²) in [5, 5.41) is 3.84. The zero-order chi connectivity index (χ0) is 15.4. The van der Waals surface area contributed by atoms with E-state index in [-0.39, 0.29) is 24.4 Å². The molecule has 124 valence electrons. The van der Waals surface area contributed by atoms with Gasteiger partial charge in [-0.05, 0) is 44.0 Å². The molecule has 1 aliphatic heterocycles. The van der Waals surface area contributed by atoms with Crippen molar-refractivity contribution in [3.05, 3.63) is 28.2 Å². The van der Waals surface area contributed by atoms with Gasteiger partial charge in [-0.2, -0.15) is 0 Å². The fourth-order valence-electron chi connectivity index (χ4n) is 2.56. The van der Waals surface area contributed by atoms with Crippen molar-refractivity contribution in [2.24, 2.45) is 11.7 Å². The summed E-state index contributed by atoms with van der Waals surface area (Å²) in [6.45, 7) is 4.77. The van der Waals surface area contributed by atoms with Gasteiger partial charge in [0.15, 0.2) is 0 Å². The molecule has 0 spiro atoms. The molecule has 7 heteroatoms. The highest BCUT2D eigenvalue weighted by Gasteiger charge is 2.25. The van der Waals surface area contributed by atoms with Crippen LogP contribution in [0.1, 0.15) is 19.8 Å². The average Bonchev–Trinajstić information content (AvgIpc) is 2.90. The zero-order valence-electron chi connectivity index (χ0n) is 12.5. The highest BCUT2D eigenvalue weighted by atomic mass is 35.5. The molecular formula is C15H22Cl3N3O. The molecule has 1 aliphatic rings. The van der Waals surface area contributed by atoms with E-state index in [1.165, 1.54) is 0 Å². The number of hydrogen-bond donors (Lipinski definition) is 2. The summed E-state index contributed by atoms with van der Waals surface area (Å²) in [6.07, 6.45) is 1.55. The monoisotopic (exact) mass is 365 g/mol. The van der Waals surface area contributed by atoms with Gasteiger partial charge >= 0.3 is 0 Å². The van der Waals surface area contributed by atoms with Crippen molar-refractivity contribution in [1.29, 1.82) is 0 Å². The second-order valence-electron chi connectivity index (χ2n) is 5.63. The smallest absolute Gasteiger partial charge is 0.225 e. The van der Waals surface area contributed by atoms with Crippen molar-refractivity contribution in [2.75, 3.05) is 25.0 Å². The summed E-state index contributed by atoms with van der Waals surface area (Å²) < 4.78 is 0. The second-order valence-corrected chi connectivity index (χ2v) is 6.47. The largest absolute Gasteiger partial charge is 0.328 e. The van der Waals surface area contributed by atoms with E-state index in [1.54, 1.807) is 18.2 Å². The first-order chi connectivity index (χ1) is 9.95.